The van der Waals surface area contributed by atoms with Crippen molar-refractivity contribution in [3.63, 3.8) is 0 Å². The second kappa shape index (κ2) is 6.26. The number of nitrogen functional groups attached to an aromatic ring is 1. The largest absolute Gasteiger partial charge is 0.497 e. The van der Waals surface area contributed by atoms with Gasteiger partial charge < -0.3 is 20.5 Å². The van der Waals surface area contributed by atoms with Crippen LogP contribution in [0.3, 0.4) is 0 Å². The molecule has 1 unspecified atom stereocenters. The van der Waals surface area contributed by atoms with Crippen LogP contribution in [0.2, 0.25) is 0 Å². The van der Waals surface area contributed by atoms with Gasteiger partial charge in [0.15, 0.2) is 0 Å². The normalized spacial score (nSPS) is 12.0. The first kappa shape index (κ1) is 14.3. The standard InChI is InChI=1S/C13H21N3O2/c1-9(17)6-7-16(2)12-8-10(18-3)4-5-11(12)13(14)15/h4-5,8-9,17H,6-7H2,1-3H3,(H3,14,15). The number of hydrogen-bond acceptors (Lipinski definition) is 4. The van der Waals surface area contributed by atoms with Crippen LogP contribution in [-0.2, 0) is 0 Å². The van der Waals surface area contributed by atoms with Crippen molar-refractivity contribution in [2.45, 2.75) is 19.4 Å². The molecule has 18 heavy (non-hydrogen) atoms. The fourth-order valence-corrected chi connectivity index (χ4v) is 1.68. The Hall–Kier alpha value is -1.75. The molecule has 5 heteroatoms. The van der Waals surface area contributed by atoms with Crippen LogP contribution in [0.25, 0.3) is 0 Å². The Kier molecular flexibility index (Phi) is 4.97. The lowest BCUT2D eigenvalue weighted by Crippen LogP contribution is -2.25. The third-order valence-corrected chi connectivity index (χ3v) is 2.79. The molecule has 100 valence electrons. The molecule has 0 heterocycles. The summed E-state index contributed by atoms with van der Waals surface area (Å²) >= 11 is 0. The van der Waals surface area contributed by atoms with Crippen molar-refractivity contribution in [1.82, 2.24) is 0 Å². The Bertz CT molecular complexity index is 419. The molecule has 5 nitrogen and oxygen atoms in total. The fraction of sp³-hybridized carbons (Fsp3) is 0.462. The van der Waals surface area contributed by atoms with Gasteiger partial charge in [-0.05, 0) is 25.5 Å². The summed E-state index contributed by atoms with van der Waals surface area (Å²) in [5.41, 5.74) is 7.07. The topological polar surface area (TPSA) is 82.6 Å². The molecular formula is C13H21N3O2. The van der Waals surface area contributed by atoms with Crippen molar-refractivity contribution in [2.24, 2.45) is 5.73 Å². The van der Waals surface area contributed by atoms with Gasteiger partial charge in [-0.1, -0.05) is 0 Å². The minimum Gasteiger partial charge on any atom is -0.497 e. The molecule has 1 aromatic rings. The predicted octanol–water partition coefficient (Wildman–Crippen LogP) is 1.19. The minimum atomic E-state index is -0.348. The summed E-state index contributed by atoms with van der Waals surface area (Å²) in [5, 5.41) is 16.9. The van der Waals surface area contributed by atoms with Crippen molar-refractivity contribution >= 4 is 11.5 Å². The summed E-state index contributed by atoms with van der Waals surface area (Å²) in [4.78, 5) is 1.96. The number of ether oxygens (including phenoxy) is 1. The second-order valence-electron chi connectivity index (χ2n) is 4.36. The van der Waals surface area contributed by atoms with Gasteiger partial charge >= 0.3 is 0 Å². The Labute approximate surface area is 108 Å². The molecular weight excluding hydrogens is 230 g/mol. The Balaban J connectivity index is 2.99. The van der Waals surface area contributed by atoms with Crippen molar-refractivity contribution in [3.05, 3.63) is 23.8 Å². The molecule has 0 aliphatic heterocycles. The van der Waals surface area contributed by atoms with Crippen molar-refractivity contribution in [2.75, 3.05) is 25.6 Å². The SMILES string of the molecule is COc1ccc(C(=N)N)c(N(C)CCC(C)O)c1. The molecule has 0 bridgehead atoms. The van der Waals surface area contributed by atoms with E-state index >= 15 is 0 Å². The summed E-state index contributed by atoms with van der Waals surface area (Å²) in [7, 11) is 3.51. The van der Waals surface area contributed by atoms with E-state index in [9.17, 15) is 5.11 Å². The quantitative estimate of drug-likeness (QED) is 0.524. The van der Waals surface area contributed by atoms with Gasteiger partial charge in [-0.25, -0.2) is 0 Å². The lowest BCUT2D eigenvalue weighted by atomic mass is 10.1. The van der Waals surface area contributed by atoms with E-state index in [-0.39, 0.29) is 11.9 Å². The highest BCUT2D eigenvalue weighted by molar-refractivity contribution is 6.00. The van der Waals surface area contributed by atoms with E-state index in [0.29, 0.717) is 18.5 Å². The molecule has 1 rings (SSSR count). The third kappa shape index (κ3) is 3.63. The number of methoxy groups -OCH3 is 1. The van der Waals surface area contributed by atoms with E-state index in [1.54, 1.807) is 26.2 Å². The maximum Gasteiger partial charge on any atom is 0.124 e. The average Bonchev–Trinajstić information content (AvgIpc) is 2.34. The summed E-state index contributed by atoms with van der Waals surface area (Å²) in [6.45, 7) is 2.44. The van der Waals surface area contributed by atoms with Crippen LogP contribution in [0, 0.1) is 5.41 Å². The zero-order valence-electron chi connectivity index (χ0n) is 11.1. The number of nitrogens with one attached hydrogen (secondary N) is 1. The Morgan fingerprint density at radius 1 is 1.56 bits per heavy atom. The van der Waals surface area contributed by atoms with Crippen molar-refractivity contribution < 1.29 is 9.84 Å². The van der Waals surface area contributed by atoms with Gasteiger partial charge in [0.1, 0.15) is 11.6 Å². The van der Waals surface area contributed by atoms with Crippen LogP contribution in [0.5, 0.6) is 5.75 Å². The van der Waals surface area contributed by atoms with Crippen LogP contribution in [0.4, 0.5) is 5.69 Å². The molecule has 0 amide bonds. The molecule has 4 N–H and O–H groups in total. The van der Waals surface area contributed by atoms with E-state index < -0.39 is 0 Å². The van der Waals surface area contributed by atoms with Crippen LogP contribution in [-0.4, -0.2) is 37.7 Å². The van der Waals surface area contributed by atoms with Gasteiger partial charge in [0.25, 0.3) is 0 Å². The molecule has 0 saturated heterocycles. The van der Waals surface area contributed by atoms with E-state index in [2.05, 4.69) is 0 Å². The van der Waals surface area contributed by atoms with Crippen molar-refractivity contribution in [1.29, 1.82) is 5.41 Å². The summed E-state index contributed by atoms with van der Waals surface area (Å²) in [5.74, 6) is 0.746. The maximum absolute atomic E-state index is 9.31. The zero-order valence-corrected chi connectivity index (χ0v) is 11.1. The monoisotopic (exact) mass is 251 g/mol. The first-order chi connectivity index (χ1) is 8.45. The number of rotatable bonds is 6. The molecule has 0 aliphatic rings. The molecule has 1 atom stereocenters. The van der Waals surface area contributed by atoms with Crippen LogP contribution >= 0.6 is 0 Å². The van der Waals surface area contributed by atoms with Gasteiger partial charge in [0.2, 0.25) is 0 Å². The second-order valence-corrected chi connectivity index (χ2v) is 4.36. The van der Waals surface area contributed by atoms with Gasteiger partial charge in [-0.2, -0.15) is 0 Å². The Morgan fingerprint density at radius 3 is 2.72 bits per heavy atom. The highest BCUT2D eigenvalue weighted by Crippen LogP contribution is 2.25. The van der Waals surface area contributed by atoms with E-state index in [0.717, 1.165) is 11.4 Å². The third-order valence-electron chi connectivity index (χ3n) is 2.79. The van der Waals surface area contributed by atoms with Crippen molar-refractivity contribution in [3.8, 4) is 5.75 Å². The number of aliphatic hydroxyl groups is 1. The van der Waals surface area contributed by atoms with Gasteiger partial charge in [-0.15, -0.1) is 0 Å². The minimum absolute atomic E-state index is 0.0246. The number of aliphatic hydroxyl groups excluding tert-OH is 1. The highest BCUT2D eigenvalue weighted by atomic mass is 16.5. The number of anilines is 1. The first-order valence-corrected chi connectivity index (χ1v) is 5.87. The molecule has 0 aromatic heterocycles. The molecule has 0 saturated carbocycles. The van der Waals surface area contributed by atoms with Crippen LogP contribution in [0.1, 0.15) is 18.9 Å². The summed E-state index contributed by atoms with van der Waals surface area (Å²) in [6.07, 6.45) is 0.309. The molecule has 0 radical (unpaired) electrons. The maximum atomic E-state index is 9.31. The summed E-state index contributed by atoms with van der Waals surface area (Å²) in [6, 6.07) is 5.40. The number of nitrogens with zero attached hydrogens (tertiary/aromatic N) is 1. The summed E-state index contributed by atoms with van der Waals surface area (Å²) < 4.78 is 5.18. The lowest BCUT2D eigenvalue weighted by Gasteiger charge is -2.23. The van der Waals surface area contributed by atoms with Gasteiger partial charge in [0, 0.05) is 25.2 Å². The molecule has 0 fully saturated rings. The molecule has 1 aromatic carbocycles. The number of amidine groups is 1. The van der Waals surface area contributed by atoms with E-state index in [1.165, 1.54) is 0 Å². The smallest absolute Gasteiger partial charge is 0.124 e. The average molecular weight is 251 g/mol. The lowest BCUT2D eigenvalue weighted by molar-refractivity contribution is 0.187. The van der Waals surface area contributed by atoms with Crippen LogP contribution < -0.4 is 15.4 Å². The number of nitrogens with two attached hydrogens (primary N) is 1. The first-order valence-electron chi connectivity index (χ1n) is 5.87. The van der Waals surface area contributed by atoms with E-state index in [4.69, 9.17) is 15.9 Å². The predicted molar refractivity (Wildman–Crippen MR) is 73.6 cm³/mol. The fourth-order valence-electron chi connectivity index (χ4n) is 1.68. The number of hydrogen-bond donors (Lipinski definition) is 3. The van der Waals surface area contributed by atoms with Gasteiger partial charge in [0.05, 0.1) is 18.9 Å². The number of benzene rings is 1. The van der Waals surface area contributed by atoms with Crippen LogP contribution in [0.15, 0.2) is 18.2 Å². The zero-order chi connectivity index (χ0) is 13.7. The highest BCUT2D eigenvalue weighted by Gasteiger charge is 2.11. The Morgan fingerprint density at radius 2 is 2.22 bits per heavy atom. The van der Waals surface area contributed by atoms with Gasteiger partial charge in [-0.3, -0.25) is 5.41 Å². The molecule has 0 aliphatic carbocycles. The van der Waals surface area contributed by atoms with E-state index in [1.807, 2.05) is 18.0 Å². The molecule has 0 spiro atoms.